The summed E-state index contributed by atoms with van der Waals surface area (Å²) in [7, 11) is 0. The van der Waals surface area contributed by atoms with E-state index >= 15 is 0 Å². The van der Waals surface area contributed by atoms with Gasteiger partial charge in [-0.25, -0.2) is 0 Å². The van der Waals surface area contributed by atoms with E-state index in [-0.39, 0.29) is 5.54 Å². The van der Waals surface area contributed by atoms with Gasteiger partial charge in [0.05, 0.1) is 0 Å². The summed E-state index contributed by atoms with van der Waals surface area (Å²) in [6.07, 6.45) is 7.62. The zero-order chi connectivity index (χ0) is 10.3. The molecule has 1 unspecified atom stereocenters. The fourth-order valence-electron chi connectivity index (χ4n) is 1.75. The van der Waals surface area contributed by atoms with Crippen LogP contribution in [0.4, 0.5) is 0 Å². The lowest BCUT2D eigenvalue weighted by Gasteiger charge is -2.32. The standard InChI is InChI=1S/C12H27N/c1-5-7-8-9-10-12(13,6-2)11(3)4/h11H,5-10,13H2,1-4H3. The number of unbranched alkanes of at least 4 members (excludes halogenated alkanes) is 3. The van der Waals surface area contributed by atoms with Crippen molar-refractivity contribution in [3.05, 3.63) is 0 Å². The van der Waals surface area contributed by atoms with Crippen LogP contribution in [0.15, 0.2) is 0 Å². The lowest BCUT2D eigenvalue weighted by atomic mass is 9.80. The van der Waals surface area contributed by atoms with Gasteiger partial charge in [-0.05, 0) is 18.8 Å². The zero-order valence-electron chi connectivity index (χ0n) is 9.90. The average molecular weight is 185 g/mol. The summed E-state index contributed by atoms with van der Waals surface area (Å²) in [6.45, 7) is 8.93. The van der Waals surface area contributed by atoms with Gasteiger partial charge in [-0.2, -0.15) is 0 Å². The van der Waals surface area contributed by atoms with Crippen LogP contribution >= 0.6 is 0 Å². The van der Waals surface area contributed by atoms with E-state index < -0.39 is 0 Å². The molecule has 0 aromatic carbocycles. The first-order chi connectivity index (χ1) is 6.06. The van der Waals surface area contributed by atoms with Crippen molar-refractivity contribution >= 4 is 0 Å². The minimum atomic E-state index is 0.0910. The molecule has 0 saturated heterocycles. The Morgan fingerprint density at radius 1 is 1.08 bits per heavy atom. The highest BCUT2D eigenvalue weighted by atomic mass is 14.7. The van der Waals surface area contributed by atoms with Crippen molar-refractivity contribution < 1.29 is 0 Å². The van der Waals surface area contributed by atoms with Crippen LogP contribution in [0.1, 0.15) is 66.2 Å². The van der Waals surface area contributed by atoms with E-state index in [0.29, 0.717) is 5.92 Å². The third kappa shape index (κ3) is 4.66. The minimum absolute atomic E-state index is 0.0910. The van der Waals surface area contributed by atoms with Crippen molar-refractivity contribution in [2.45, 2.75) is 71.8 Å². The zero-order valence-corrected chi connectivity index (χ0v) is 9.90. The normalized spacial score (nSPS) is 16.2. The van der Waals surface area contributed by atoms with Gasteiger partial charge in [-0.3, -0.25) is 0 Å². The molecule has 0 fully saturated rings. The van der Waals surface area contributed by atoms with Gasteiger partial charge < -0.3 is 5.73 Å². The predicted octanol–water partition coefficient (Wildman–Crippen LogP) is 3.72. The fourth-order valence-corrected chi connectivity index (χ4v) is 1.75. The van der Waals surface area contributed by atoms with E-state index in [1.54, 1.807) is 0 Å². The molecule has 0 aromatic heterocycles. The molecule has 0 bridgehead atoms. The Bertz CT molecular complexity index is 120. The molecule has 1 nitrogen and oxygen atoms in total. The van der Waals surface area contributed by atoms with Crippen LogP contribution < -0.4 is 5.73 Å². The summed E-state index contributed by atoms with van der Waals surface area (Å²) >= 11 is 0. The van der Waals surface area contributed by atoms with Gasteiger partial charge in [0, 0.05) is 5.54 Å². The van der Waals surface area contributed by atoms with Crippen molar-refractivity contribution in [1.82, 2.24) is 0 Å². The van der Waals surface area contributed by atoms with E-state index in [0.717, 1.165) is 6.42 Å². The molecule has 1 atom stereocenters. The maximum absolute atomic E-state index is 6.32. The molecule has 80 valence electrons. The number of hydrogen-bond donors (Lipinski definition) is 1. The Morgan fingerprint density at radius 3 is 2.08 bits per heavy atom. The molecule has 0 aromatic rings. The molecule has 0 saturated carbocycles. The first-order valence-corrected chi connectivity index (χ1v) is 5.85. The van der Waals surface area contributed by atoms with Crippen LogP contribution in [-0.4, -0.2) is 5.54 Å². The molecule has 2 N–H and O–H groups in total. The second kappa shape index (κ2) is 6.42. The Morgan fingerprint density at radius 2 is 1.69 bits per heavy atom. The summed E-state index contributed by atoms with van der Waals surface area (Å²) < 4.78 is 0. The Labute approximate surface area is 84.1 Å². The maximum atomic E-state index is 6.32. The third-order valence-electron chi connectivity index (χ3n) is 3.30. The van der Waals surface area contributed by atoms with Gasteiger partial charge in [0.1, 0.15) is 0 Å². The van der Waals surface area contributed by atoms with E-state index in [2.05, 4.69) is 27.7 Å². The van der Waals surface area contributed by atoms with Gasteiger partial charge in [0.15, 0.2) is 0 Å². The molecule has 0 amide bonds. The van der Waals surface area contributed by atoms with Crippen LogP contribution in [0.2, 0.25) is 0 Å². The molecular formula is C12H27N. The number of nitrogens with two attached hydrogens (primary N) is 1. The quantitative estimate of drug-likeness (QED) is 0.601. The Balaban J connectivity index is 3.71. The minimum Gasteiger partial charge on any atom is -0.325 e. The second-order valence-electron chi connectivity index (χ2n) is 4.55. The summed E-state index contributed by atoms with van der Waals surface area (Å²) in [5, 5.41) is 0. The highest BCUT2D eigenvalue weighted by Gasteiger charge is 2.25. The summed E-state index contributed by atoms with van der Waals surface area (Å²) in [5.74, 6) is 0.610. The van der Waals surface area contributed by atoms with Crippen molar-refractivity contribution in [3.63, 3.8) is 0 Å². The van der Waals surface area contributed by atoms with E-state index in [4.69, 9.17) is 5.73 Å². The van der Waals surface area contributed by atoms with Crippen molar-refractivity contribution in [1.29, 1.82) is 0 Å². The monoisotopic (exact) mass is 185 g/mol. The van der Waals surface area contributed by atoms with E-state index in [1.165, 1.54) is 32.1 Å². The average Bonchev–Trinajstić information content (AvgIpc) is 2.12. The number of rotatable bonds is 7. The van der Waals surface area contributed by atoms with Crippen LogP contribution in [0.25, 0.3) is 0 Å². The molecule has 0 rings (SSSR count). The lowest BCUT2D eigenvalue weighted by Crippen LogP contribution is -2.44. The Hall–Kier alpha value is -0.0400. The molecule has 0 aliphatic heterocycles. The predicted molar refractivity (Wildman–Crippen MR) is 60.8 cm³/mol. The highest BCUT2D eigenvalue weighted by molar-refractivity contribution is 4.85. The van der Waals surface area contributed by atoms with Crippen molar-refractivity contribution in [3.8, 4) is 0 Å². The Kier molecular flexibility index (Phi) is 6.40. The summed E-state index contributed by atoms with van der Waals surface area (Å²) in [4.78, 5) is 0. The molecular weight excluding hydrogens is 158 g/mol. The van der Waals surface area contributed by atoms with Gasteiger partial charge in [-0.1, -0.05) is 53.4 Å². The van der Waals surface area contributed by atoms with E-state index in [1.807, 2.05) is 0 Å². The van der Waals surface area contributed by atoms with Crippen molar-refractivity contribution in [2.24, 2.45) is 11.7 Å². The van der Waals surface area contributed by atoms with Gasteiger partial charge >= 0.3 is 0 Å². The second-order valence-corrected chi connectivity index (χ2v) is 4.55. The van der Waals surface area contributed by atoms with Gasteiger partial charge in [0.2, 0.25) is 0 Å². The van der Waals surface area contributed by atoms with Gasteiger partial charge in [0.25, 0.3) is 0 Å². The van der Waals surface area contributed by atoms with Crippen LogP contribution in [0.3, 0.4) is 0 Å². The SMILES string of the molecule is CCCCCCC(N)(CC)C(C)C. The summed E-state index contributed by atoms with van der Waals surface area (Å²) in [6, 6.07) is 0. The summed E-state index contributed by atoms with van der Waals surface area (Å²) in [5.41, 5.74) is 6.41. The largest absolute Gasteiger partial charge is 0.325 e. The lowest BCUT2D eigenvalue weighted by molar-refractivity contribution is 0.268. The molecule has 0 radical (unpaired) electrons. The maximum Gasteiger partial charge on any atom is 0.0174 e. The molecule has 0 spiro atoms. The molecule has 0 aliphatic rings. The molecule has 0 aliphatic carbocycles. The van der Waals surface area contributed by atoms with E-state index in [9.17, 15) is 0 Å². The molecule has 13 heavy (non-hydrogen) atoms. The van der Waals surface area contributed by atoms with Crippen molar-refractivity contribution in [2.75, 3.05) is 0 Å². The number of hydrogen-bond acceptors (Lipinski definition) is 1. The van der Waals surface area contributed by atoms with Gasteiger partial charge in [-0.15, -0.1) is 0 Å². The van der Waals surface area contributed by atoms with Crippen LogP contribution in [0.5, 0.6) is 0 Å². The molecule has 1 heteroatoms. The first kappa shape index (κ1) is 13.0. The molecule has 0 heterocycles. The topological polar surface area (TPSA) is 26.0 Å². The fraction of sp³-hybridized carbons (Fsp3) is 1.00. The highest BCUT2D eigenvalue weighted by Crippen LogP contribution is 2.24. The van der Waals surface area contributed by atoms with Crippen LogP contribution in [0, 0.1) is 5.92 Å². The smallest absolute Gasteiger partial charge is 0.0174 e. The van der Waals surface area contributed by atoms with Crippen LogP contribution in [-0.2, 0) is 0 Å². The first-order valence-electron chi connectivity index (χ1n) is 5.85. The third-order valence-corrected chi connectivity index (χ3v) is 3.30.